The molecule has 2 aromatic heterocycles. The van der Waals surface area contributed by atoms with Crippen LogP contribution in [0, 0.1) is 0 Å². The number of ether oxygens (including phenoxy) is 1. The molecule has 0 radical (unpaired) electrons. The number of aryl methyl sites for hydroxylation is 1. The summed E-state index contributed by atoms with van der Waals surface area (Å²) in [6.45, 7) is 5.56. The Morgan fingerprint density at radius 2 is 2.27 bits per heavy atom. The van der Waals surface area contributed by atoms with Gasteiger partial charge < -0.3 is 9.72 Å². The van der Waals surface area contributed by atoms with Gasteiger partial charge in [0.1, 0.15) is 11.9 Å². The van der Waals surface area contributed by atoms with Crippen molar-refractivity contribution in [3.05, 3.63) is 42.0 Å². The second-order valence-electron chi connectivity index (χ2n) is 5.68. The van der Waals surface area contributed by atoms with Gasteiger partial charge in [0.2, 0.25) is 0 Å². The lowest BCUT2D eigenvalue weighted by molar-refractivity contribution is -0.0354. The van der Waals surface area contributed by atoms with Crippen LogP contribution in [-0.4, -0.2) is 44.5 Å². The van der Waals surface area contributed by atoms with Gasteiger partial charge in [0, 0.05) is 50.3 Å². The topological polar surface area (TPSA) is 66.9 Å². The molecule has 0 aliphatic carbocycles. The van der Waals surface area contributed by atoms with Crippen LogP contribution < -0.4 is 0 Å². The predicted molar refractivity (Wildman–Crippen MR) is 83.2 cm³/mol. The molecule has 1 fully saturated rings. The minimum absolute atomic E-state index is 0.00457. The molecule has 3 heterocycles. The van der Waals surface area contributed by atoms with Gasteiger partial charge >= 0.3 is 0 Å². The molecule has 118 valence electrons. The number of aromatic nitrogens is 4. The molecule has 1 aliphatic rings. The summed E-state index contributed by atoms with van der Waals surface area (Å²) in [4.78, 5) is 18.7. The second-order valence-corrected chi connectivity index (χ2v) is 5.68. The van der Waals surface area contributed by atoms with Gasteiger partial charge in [-0.15, -0.1) is 0 Å². The highest BCUT2D eigenvalue weighted by Crippen LogP contribution is 2.20. The zero-order valence-electron chi connectivity index (χ0n) is 13.0. The molecular formula is C16H23N5O. The lowest BCUT2D eigenvalue weighted by Crippen LogP contribution is -2.38. The largest absolute Gasteiger partial charge is 0.369 e. The summed E-state index contributed by atoms with van der Waals surface area (Å²) >= 11 is 0. The van der Waals surface area contributed by atoms with E-state index in [1.165, 1.54) is 18.5 Å². The number of H-pyrrole nitrogens is 1. The van der Waals surface area contributed by atoms with E-state index in [0.717, 1.165) is 44.2 Å². The summed E-state index contributed by atoms with van der Waals surface area (Å²) in [5, 5.41) is 0. The number of unbranched alkanes of at least 4 members (excludes halogenated alkanes) is 1. The van der Waals surface area contributed by atoms with Crippen LogP contribution in [-0.2, 0) is 17.7 Å². The molecule has 3 rings (SSSR count). The van der Waals surface area contributed by atoms with Crippen LogP contribution in [0.25, 0.3) is 0 Å². The van der Waals surface area contributed by atoms with Crippen LogP contribution in [0.2, 0.25) is 0 Å². The monoisotopic (exact) mass is 301 g/mol. The zero-order valence-corrected chi connectivity index (χ0v) is 13.0. The number of morpholine rings is 1. The van der Waals surface area contributed by atoms with Crippen LogP contribution in [0.1, 0.15) is 43.1 Å². The maximum atomic E-state index is 5.82. The van der Waals surface area contributed by atoms with Crippen molar-refractivity contribution in [3.63, 3.8) is 0 Å². The van der Waals surface area contributed by atoms with Gasteiger partial charge in [-0.3, -0.25) is 14.9 Å². The molecule has 1 aliphatic heterocycles. The number of imidazole rings is 1. The van der Waals surface area contributed by atoms with Gasteiger partial charge in [-0.2, -0.15) is 0 Å². The van der Waals surface area contributed by atoms with Crippen LogP contribution in [0.15, 0.2) is 24.8 Å². The van der Waals surface area contributed by atoms with Gasteiger partial charge in [-0.05, 0) is 6.42 Å². The van der Waals surface area contributed by atoms with E-state index < -0.39 is 0 Å². The first-order valence-electron chi connectivity index (χ1n) is 7.97. The number of nitrogens with zero attached hydrogens (tertiary/aromatic N) is 4. The number of nitrogens with one attached hydrogen (secondary N) is 1. The molecule has 22 heavy (non-hydrogen) atoms. The lowest BCUT2D eigenvalue weighted by atomic mass is 10.2. The van der Waals surface area contributed by atoms with Gasteiger partial charge in [0.15, 0.2) is 0 Å². The fraction of sp³-hybridized carbons (Fsp3) is 0.562. The third kappa shape index (κ3) is 3.90. The standard InChI is InChI=1S/C16H23N5O/c1-2-3-4-16-19-9-13(20-16)11-21-7-8-22-15(12-21)14-10-17-5-6-18-14/h5-6,9-10,15H,2-4,7-8,11-12H2,1H3,(H,19,20). The van der Waals surface area contributed by atoms with E-state index in [0.29, 0.717) is 0 Å². The van der Waals surface area contributed by atoms with E-state index in [1.807, 2.05) is 6.20 Å². The smallest absolute Gasteiger partial charge is 0.114 e. The van der Waals surface area contributed by atoms with Crippen molar-refractivity contribution in [1.82, 2.24) is 24.8 Å². The molecule has 0 spiro atoms. The second kappa shape index (κ2) is 7.47. The van der Waals surface area contributed by atoms with Crippen molar-refractivity contribution >= 4 is 0 Å². The molecule has 1 unspecified atom stereocenters. The Morgan fingerprint density at radius 1 is 1.32 bits per heavy atom. The van der Waals surface area contributed by atoms with Gasteiger partial charge in [0.25, 0.3) is 0 Å². The van der Waals surface area contributed by atoms with E-state index in [9.17, 15) is 0 Å². The maximum absolute atomic E-state index is 5.82. The normalized spacial score (nSPS) is 19.4. The summed E-state index contributed by atoms with van der Waals surface area (Å²) in [6, 6.07) is 0. The average molecular weight is 301 g/mol. The van der Waals surface area contributed by atoms with Crippen LogP contribution in [0.3, 0.4) is 0 Å². The molecule has 2 aromatic rings. The molecule has 6 nitrogen and oxygen atoms in total. The molecule has 0 aromatic carbocycles. The molecule has 1 saturated heterocycles. The van der Waals surface area contributed by atoms with E-state index >= 15 is 0 Å². The minimum atomic E-state index is 0.00457. The van der Waals surface area contributed by atoms with Crippen LogP contribution in [0.4, 0.5) is 0 Å². The molecule has 0 bridgehead atoms. The van der Waals surface area contributed by atoms with Crippen molar-refractivity contribution in [1.29, 1.82) is 0 Å². The third-order valence-electron chi connectivity index (χ3n) is 3.91. The van der Waals surface area contributed by atoms with E-state index in [4.69, 9.17) is 4.74 Å². The van der Waals surface area contributed by atoms with E-state index in [-0.39, 0.29) is 6.10 Å². The summed E-state index contributed by atoms with van der Waals surface area (Å²) in [5.74, 6) is 1.09. The Hall–Kier alpha value is -1.79. The molecule has 1 atom stereocenters. The Morgan fingerprint density at radius 3 is 3.09 bits per heavy atom. The molecule has 0 amide bonds. The summed E-state index contributed by atoms with van der Waals surface area (Å²) < 4.78 is 5.82. The fourth-order valence-electron chi connectivity index (χ4n) is 2.70. The van der Waals surface area contributed by atoms with Crippen LogP contribution >= 0.6 is 0 Å². The highest BCUT2D eigenvalue weighted by Gasteiger charge is 2.23. The molecule has 6 heteroatoms. The Bertz CT molecular complexity index is 571. The fourth-order valence-corrected chi connectivity index (χ4v) is 2.70. The predicted octanol–water partition coefficient (Wildman–Crippen LogP) is 2.12. The Labute approximate surface area is 131 Å². The molecule has 1 N–H and O–H groups in total. The van der Waals surface area contributed by atoms with E-state index in [2.05, 4.69) is 31.8 Å². The minimum Gasteiger partial charge on any atom is -0.369 e. The maximum Gasteiger partial charge on any atom is 0.114 e. The van der Waals surface area contributed by atoms with Crippen LogP contribution in [0.5, 0.6) is 0 Å². The first kappa shape index (κ1) is 15.1. The van der Waals surface area contributed by atoms with Crippen molar-refractivity contribution in [2.45, 2.75) is 38.8 Å². The highest BCUT2D eigenvalue weighted by molar-refractivity contribution is 5.04. The first-order chi connectivity index (χ1) is 10.8. The summed E-state index contributed by atoms with van der Waals surface area (Å²) in [6.07, 6.45) is 10.6. The average Bonchev–Trinajstić information content (AvgIpc) is 3.01. The third-order valence-corrected chi connectivity index (χ3v) is 3.91. The SMILES string of the molecule is CCCCc1ncc(CN2CCOC(c3cnccn3)C2)[nH]1. The van der Waals surface area contributed by atoms with Crippen molar-refractivity contribution in [3.8, 4) is 0 Å². The molecular weight excluding hydrogens is 278 g/mol. The van der Waals surface area contributed by atoms with Crippen molar-refractivity contribution in [2.75, 3.05) is 19.7 Å². The number of rotatable bonds is 6. The first-order valence-corrected chi connectivity index (χ1v) is 7.97. The summed E-state index contributed by atoms with van der Waals surface area (Å²) in [5.41, 5.74) is 2.08. The van der Waals surface area contributed by atoms with Gasteiger partial charge in [0.05, 0.1) is 18.5 Å². The van der Waals surface area contributed by atoms with Gasteiger partial charge in [-0.25, -0.2) is 4.98 Å². The summed E-state index contributed by atoms with van der Waals surface area (Å²) in [7, 11) is 0. The quantitative estimate of drug-likeness (QED) is 0.885. The lowest BCUT2D eigenvalue weighted by Gasteiger charge is -2.32. The van der Waals surface area contributed by atoms with Crippen molar-refractivity contribution in [2.24, 2.45) is 0 Å². The van der Waals surface area contributed by atoms with Gasteiger partial charge in [-0.1, -0.05) is 13.3 Å². The number of aromatic amines is 1. The Kier molecular flexibility index (Phi) is 5.13. The number of hydrogen-bond acceptors (Lipinski definition) is 5. The van der Waals surface area contributed by atoms with Crippen molar-refractivity contribution < 1.29 is 4.74 Å². The zero-order chi connectivity index (χ0) is 15.2. The highest BCUT2D eigenvalue weighted by atomic mass is 16.5. The van der Waals surface area contributed by atoms with E-state index in [1.54, 1.807) is 18.6 Å². The number of hydrogen-bond donors (Lipinski definition) is 1. The molecule has 0 saturated carbocycles. The Balaban J connectivity index is 1.57.